The molecule has 0 saturated carbocycles. The Hall–Kier alpha value is -0.890. The zero-order chi connectivity index (χ0) is 12.0. The summed E-state index contributed by atoms with van der Waals surface area (Å²) in [6.45, 7) is 4.29. The van der Waals surface area contributed by atoms with Crippen LogP contribution in [0.5, 0.6) is 0 Å². The number of rotatable bonds is 6. The molecule has 2 unspecified atom stereocenters. The van der Waals surface area contributed by atoms with E-state index in [0.717, 1.165) is 24.8 Å². The quantitative estimate of drug-likeness (QED) is 0.775. The normalized spacial score (nSPS) is 14.8. The molecule has 2 heteroatoms. The van der Waals surface area contributed by atoms with E-state index in [-0.39, 0.29) is 11.7 Å². The third-order valence-corrected chi connectivity index (χ3v) is 3.20. The van der Waals surface area contributed by atoms with Crippen molar-refractivity contribution in [3.05, 3.63) is 35.6 Å². The summed E-state index contributed by atoms with van der Waals surface area (Å²) in [4.78, 5) is 0. The van der Waals surface area contributed by atoms with Crippen LogP contribution in [0.3, 0.4) is 0 Å². The molecule has 0 radical (unpaired) electrons. The SMILES string of the molecule is CCCC(NC)C(CC)c1ccccc1F. The fraction of sp³-hybridized carbons (Fsp3) is 0.571. The lowest BCUT2D eigenvalue weighted by atomic mass is 9.86. The maximum absolute atomic E-state index is 13.7. The van der Waals surface area contributed by atoms with Gasteiger partial charge in [-0.3, -0.25) is 0 Å². The average molecular weight is 223 g/mol. The van der Waals surface area contributed by atoms with Crippen molar-refractivity contribution in [2.24, 2.45) is 0 Å². The number of benzene rings is 1. The lowest BCUT2D eigenvalue weighted by molar-refractivity contribution is 0.410. The number of nitrogens with one attached hydrogen (secondary N) is 1. The van der Waals surface area contributed by atoms with Crippen LogP contribution in [0.2, 0.25) is 0 Å². The molecule has 1 rings (SSSR count). The Labute approximate surface area is 98.1 Å². The van der Waals surface area contributed by atoms with E-state index in [1.54, 1.807) is 12.1 Å². The van der Waals surface area contributed by atoms with E-state index in [0.29, 0.717) is 6.04 Å². The van der Waals surface area contributed by atoms with Crippen LogP contribution >= 0.6 is 0 Å². The van der Waals surface area contributed by atoms with E-state index in [4.69, 9.17) is 0 Å². The van der Waals surface area contributed by atoms with E-state index in [1.165, 1.54) is 0 Å². The largest absolute Gasteiger partial charge is 0.316 e. The van der Waals surface area contributed by atoms with Crippen LogP contribution in [0.25, 0.3) is 0 Å². The molecule has 0 aliphatic heterocycles. The third kappa shape index (κ3) is 3.05. The van der Waals surface area contributed by atoms with Gasteiger partial charge in [-0.1, -0.05) is 38.5 Å². The molecule has 16 heavy (non-hydrogen) atoms. The van der Waals surface area contributed by atoms with E-state index in [2.05, 4.69) is 19.2 Å². The highest BCUT2D eigenvalue weighted by atomic mass is 19.1. The summed E-state index contributed by atoms with van der Waals surface area (Å²) < 4.78 is 13.7. The van der Waals surface area contributed by atoms with Crippen molar-refractivity contribution in [3.63, 3.8) is 0 Å². The molecule has 0 saturated heterocycles. The van der Waals surface area contributed by atoms with Gasteiger partial charge in [-0.15, -0.1) is 0 Å². The monoisotopic (exact) mass is 223 g/mol. The van der Waals surface area contributed by atoms with Crippen LogP contribution in [-0.4, -0.2) is 13.1 Å². The van der Waals surface area contributed by atoms with Crippen LogP contribution in [0.4, 0.5) is 4.39 Å². The first-order chi connectivity index (χ1) is 7.74. The second-order valence-electron chi connectivity index (χ2n) is 4.22. The first kappa shape index (κ1) is 13.2. The molecule has 1 aromatic rings. The van der Waals surface area contributed by atoms with E-state index < -0.39 is 0 Å². The lowest BCUT2D eigenvalue weighted by Gasteiger charge is -2.26. The number of hydrogen-bond donors (Lipinski definition) is 1. The van der Waals surface area contributed by atoms with Crippen molar-refractivity contribution in [1.29, 1.82) is 0 Å². The van der Waals surface area contributed by atoms with Crippen molar-refractivity contribution < 1.29 is 4.39 Å². The molecule has 0 spiro atoms. The highest BCUT2D eigenvalue weighted by Crippen LogP contribution is 2.27. The summed E-state index contributed by atoms with van der Waals surface area (Å²) >= 11 is 0. The molecule has 1 nitrogen and oxygen atoms in total. The van der Waals surface area contributed by atoms with Crippen LogP contribution in [0.15, 0.2) is 24.3 Å². The van der Waals surface area contributed by atoms with Gasteiger partial charge in [-0.2, -0.15) is 0 Å². The molecule has 1 aromatic carbocycles. The van der Waals surface area contributed by atoms with Crippen molar-refractivity contribution in [1.82, 2.24) is 5.32 Å². The van der Waals surface area contributed by atoms with Crippen molar-refractivity contribution in [2.45, 2.75) is 45.1 Å². The van der Waals surface area contributed by atoms with Gasteiger partial charge in [-0.25, -0.2) is 4.39 Å². The summed E-state index contributed by atoms with van der Waals surface area (Å²) in [5.74, 6) is 0.192. The number of likely N-dealkylation sites (N-methyl/N-ethyl adjacent to an activating group) is 1. The van der Waals surface area contributed by atoms with Crippen molar-refractivity contribution in [3.8, 4) is 0 Å². The van der Waals surface area contributed by atoms with Gasteiger partial charge in [0.1, 0.15) is 5.82 Å². The lowest BCUT2D eigenvalue weighted by Crippen LogP contribution is -2.32. The van der Waals surface area contributed by atoms with Gasteiger partial charge in [0.15, 0.2) is 0 Å². The molecular weight excluding hydrogens is 201 g/mol. The molecule has 90 valence electrons. The fourth-order valence-electron chi connectivity index (χ4n) is 2.35. The molecule has 0 aromatic heterocycles. The molecule has 0 heterocycles. The summed E-state index contributed by atoms with van der Waals surface area (Å²) in [5, 5.41) is 3.31. The Morgan fingerprint density at radius 2 is 1.94 bits per heavy atom. The highest BCUT2D eigenvalue weighted by Gasteiger charge is 2.21. The molecule has 1 N–H and O–H groups in total. The molecule has 0 aliphatic rings. The number of halogens is 1. The van der Waals surface area contributed by atoms with Gasteiger partial charge < -0.3 is 5.32 Å². The summed E-state index contributed by atoms with van der Waals surface area (Å²) in [5.41, 5.74) is 0.845. The van der Waals surface area contributed by atoms with Gasteiger partial charge in [0.25, 0.3) is 0 Å². The Bertz CT molecular complexity index is 311. The maximum atomic E-state index is 13.7. The molecular formula is C14H22FN. The van der Waals surface area contributed by atoms with Gasteiger partial charge in [0, 0.05) is 12.0 Å². The van der Waals surface area contributed by atoms with E-state index >= 15 is 0 Å². The molecule has 0 amide bonds. The smallest absolute Gasteiger partial charge is 0.126 e. The van der Waals surface area contributed by atoms with Crippen LogP contribution < -0.4 is 5.32 Å². The minimum absolute atomic E-state index is 0.0781. The van der Waals surface area contributed by atoms with Gasteiger partial charge in [0.2, 0.25) is 0 Å². The summed E-state index contributed by atoms with van der Waals surface area (Å²) in [6.07, 6.45) is 3.17. The number of hydrogen-bond acceptors (Lipinski definition) is 1. The Morgan fingerprint density at radius 1 is 1.25 bits per heavy atom. The Kier molecular flexibility index (Phi) is 5.47. The standard InChI is InChI=1S/C14H22FN/c1-4-8-14(16-3)11(5-2)12-9-6-7-10-13(12)15/h6-7,9-11,14,16H,4-5,8H2,1-3H3. The van der Waals surface area contributed by atoms with Crippen LogP contribution in [0, 0.1) is 5.82 Å². The maximum Gasteiger partial charge on any atom is 0.126 e. The predicted molar refractivity (Wildman–Crippen MR) is 67.2 cm³/mol. The average Bonchev–Trinajstić information content (AvgIpc) is 2.31. The second kappa shape index (κ2) is 6.64. The van der Waals surface area contributed by atoms with E-state index in [9.17, 15) is 4.39 Å². The highest BCUT2D eigenvalue weighted by molar-refractivity contribution is 5.23. The predicted octanol–water partition coefficient (Wildman–Crippen LogP) is 3.71. The topological polar surface area (TPSA) is 12.0 Å². The minimum atomic E-state index is -0.0781. The first-order valence-corrected chi connectivity index (χ1v) is 6.16. The van der Waals surface area contributed by atoms with Gasteiger partial charge >= 0.3 is 0 Å². The van der Waals surface area contributed by atoms with Crippen LogP contribution in [-0.2, 0) is 0 Å². The summed E-state index contributed by atoms with van der Waals surface area (Å²) in [6, 6.07) is 7.49. The Morgan fingerprint density at radius 3 is 2.44 bits per heavy atom. The molecule has 0 fully saturated rings. The van der Waals surface area contributed by atoms with E-state index in [1.807, 2.05) is 19.2 Å². The molecule has 0 aliphatic carbocycles. The molecule has 0 bridgehead atoms. The van der Waals surface area contributed by atoms with Crippen LogP contribution in [0.1, 0.15) is 44.6 Å². The minimum Gasteiger partial charge on any atom is -0.316 e. The zero-order valence-electron chi connectivity index (χ0n) is 10.5. The fourth-order valence-corrected chi connectivity index (χ4v) is 2.35. The first-order valence-electron chi connectivity index (χ1n) is 6.16. The third-order valence-electron chi connectivity index (χ3n) is 3.20. The summed E-state index contributed by atoms with van der Waals surface area (Å²) in [7, 11) is 1.96. The Balaban J connectivity index is 2.92. The zero-order valence-corrected chi connectivity index (χ0v) is 10.5. The van der Waals surface area contributed by atoms with Gasteiger partial charge in [0.05, 0.1) is 0 Å². The van der Waals surface area contributed by atoms with Gasteiger partial charge in [-0.05, 0) is 31.5 Å². The van der Waals surface area contributed by atoms with Crippen molar-refractivity contribution in [2.75, 3.05) is 7.05 Å². The molecule has 2 atom stereocenters. The van der Waals surface area contributed by atoms with Crippen molar-refractivity contribution >= 4 is 0 Å². The second-order valence-corrected chi connectivity index (χ2v) is 4.22.